The van der Waals surface area contributed by atoms with Crippen molar-refractivity contribution in [3.63, 3.8) is 0 Å². The maximum absolute atomic E-state index is 15.6. The molecule has 0 spiro atoms. The number of amides is 2. The van der Waals surface area contributed by atoms with Gasteiger partial charge in [-0.2, -0.15) is 13.2 Å². The van der Waals surface area contributed by atoms with E-state index in [4.69, 9.17) is 10.7 Å². The van der Waals surface area contributed by atoms with Gasteiger partial charge in [0.2, 0.25) is 5.91 Å². The zero-order valence-electron chi connectivity index (χ0n) is 23.3. The summed E-state index contributed by atoms with van der Waals surface area (Å²) in [6, 6.07) is 5.18. The zero-order valence-corrected chi connectivity index (χ0v) is 23.3. The number of imidazole rings is 1. The Morgan fingerprint density at radius 2 is 1.88 bits per heavy atom. The second-order valence-electron chi connectivity index (χ2n) is 11.4. The predicted octanol–water partition coefficient (Wildman–Crippen LogP) is 5.68. The number of alkyl halides is 3. The summed E-state index contributed by atoms with van der Waals surface area (Å²) in [5.41, 5.74) is 5.53. The monoisotopic (exact) mass is 595 g/mol. The third kappa shape index (κ3) is 5.28. The second kappa shape index (κ2) is 10.6. The van der Waals surface area contributed by atoms with E-state index in [0.29, 0.717) is 30.5 Å². The number of nitrogens with two attached hydrogens (primary N) is 1. The summed E-state index contributed by atoms with van der Waals surface area (Å²) in [7, 11) is 0. The molecular weight excluding hydrogens is 566 g/mol. The van der Waals surface area contributed by atoms with Gasteiger partial charge in [-0.05, 0) is 56.0 Å². The van der Waals surface area contributed by atoms with Gasteiger partial charge in [-0.25, -0.2) is 19.3 Å². The van der Waals surface area contributed by atoms with E-state index in [1.807, 2.05) is 11.8 Å². The lowest BCUT2D eigenvalue weighted by molar-refractivity contribution is -0.147. The smallest absolute Gasteiger partial charge is 0.382 e. The molecule has 1 aromatic carbocycles. The van der Waals surface area contributed by atoms with Gasteiger partial charge in [0.15, 0.2) is 0 Å². The van der Waals surface area contributed by atoms with Crippen LogP contribution in [-0.4, -0.2) is 49.2 Å². The molecule has 0 bridgehead atoms. The van der Waals surface area contributed by atoms with Crippen molar-refractivity contribution in [3.8, 4) is 11.3 Å². The maximum atomic E-state index is 15.6. The van der Waals surface area contributed by atoms with Crippen LogP contribution < -0.4 is 11.1 Å². The Balaban J connectivity index is 1.29. The number of piperidine rings is 1. The van der Waals surface area contributed by atoms with Gasteiger partial charge in [0.25, 0.3) is 5.91 Å². The topological polar surface area (TPSA) is 119 Å². The van der Waals surface area contributed by atoms with Crippen molar-refractivity contribution in [1.82, 2.24) is 24.3 Å². The summed E-state index contributed by atoms with van der Waals surface area (Å²) in [6.45, 7) is 3.18. The SMILES string of the molecule is CC1(C(=O)N2CCC[C@@H](c3nc(-c4ccc(C(=O)Nc5cc(C(F)(F)F)ccn5)cc4F)c4c(N)nccn34)C2)CCC1. The number of carbonyl (C=O) groups excluding carboxylic acids is 2. The maximum Gasteiger partial charge on any atom is 0.416 e. The largest absolute Gasteiger partial charge is 0.416 e. The second-order valence-corrected chi connectivity index (χ2v) is 11.4. The fourth-order valence-electron chi connectivity index (χ4n) is 5.95. The first-order valence-electron chi connectivity index (χ1n) is 14.0. The highest BCUT2D eigenvalue weighted by Crippen LogP contribution is 2.43. The van der Waals surface area contributed by atoms with Gasteiger partial charge in [-0.15, -0.1) is 0 Å². The molecule has 13 heteroatoms. The van der Waals surface area contributed by atoms with Crippen LogP contribution in [0.3, 0.4) is 0 Å². The van der Waals surface area contributed by atoms with Crippen LogP contribution in [0, 0.1) is 11.2 Å². The number of rotatable bonds is 5. The third-order valence-corrected chi connectivity index (χ3v) is 8.47. The summed E-state index contributed by atoms with van der Waals surface area (Å²) >= 11 is 0. The minimum Gasteiger partial charge on any atom is -0.382 e. The number of hydrogen-bond donors (Lipinski definition) is 2. The van der Waals surface area contributed by atoms with Crippen LogP contribution in [0.15, 0.2) is 48.9 Å². The molecule has 1 aliphatic carbocycles. The number of nitrogen functional groups attached to an aromatic ring is 1. The molecule has 2 fully saturated rings. The molecule has 2 aliphatic rings. The highest BCUT2D eigenvalue weighted by Gasteiger charge is 2.43. The lowest BCUT2D eigenvalue weighted by Crippen LogP contribution is -2.49. The number of pyridine rings is 1. The average molecular weight is 596 g/mol. The van der Waals surface area contributed by atoms with Gasteiger partial charge in [-0.1, -0.05) is 13.3 Å². The molecule has 2 amide bonds. The number of benzene rings is 1. The highest BCUT2D eigenvalue weighted by molar-refractivity contribution is 6.04. The number of fused-ring (bicyclic) bond motifs is 1. The molecule has 4 aromatic rings. The van der Waals surface area contributed by atoms with Crippen molar-refractivity contribution in [3.05, 3.63) is 71.7 Å². The van der Waals surface area contributed by atoms with Crippen molar-refractivity contribution >= 4 is 29.0 Å². The lowest BCUT2D eigenvalue weighted by Gasteiger charge is -2.43. The van der Waals surface area contributed by atoms with E-state index >= 15 is 4.39 Å². The molecule has 3 N–H and O–H groups in total. The molecule has 1 saturated carbocycles. The van der Waals surface area contributed by atoms with Crippen LogP contribution in [0.1, 0.15) is 66.7 Å². The molecule has 9 nitrogen and oxygen atoms in total. The van der Waals surface area contributed by atoms with Gasteiger partial charge >= 0.3 is 6.18 Å². The molecule has 4 heterocycles. The fourth-order valence-corrected chi connectivity index (χ4v) is 5.95. The average Bonchev–Trinajstić information content (AvgIpc) is 3.36. The van der Waals surface area contributed by atoms with E-state index in [1.54, 1.807) is 10.6 Å². The Morgan fingerprint density at radius 3 is 2.58 bits per heavy atom. The quantitative estimate of drug-likeness (QED) is 0.287. The lowest BCUT2D eigenvalue weighted by atomic mass is 9.69. The molecule has 3 aromatic heterocycles. The number of hydrogen-bond acceptors (Lipinski definition) is 6. The number of halogens is 4. The summed E-state index contributed by atoms with van der Waals surface area (Å²) in [5.74, 6) is -1.12. The van der Waals surface area contributed by atoms with Crippen LogP contribution >= 0.6 is 0 Å². The zero-order chi connectivity index (χ0) is 30.5. The summed E-state index contributed by atoms with van der Waals surface area (Å²) in [4.78, 5) is 40.7. The van der Waals surface area contributed by atoms with E-state index < -0.39 is 23.5 Å². The van der Waals surface area contributed by atoms with Crippen molar-refractivity contribution in [2.24, 2.45) is 5.41 Å². The summed E-state index contributed by atoms with van der Waals surface area (Å²) in [5, 5.41) is 2.28. The number of nitrogens with zero attached hydrogens (tertiary/aromatic N) is 5. The standard InChI is InChI=1S/C30H29F4N7O2/c1-29(8-3-9-29)28(43)40-12-2-4-18(16-40)26-39-23(24-25(35)37-11-13-41(24)26)20-6-5-17(14-21(20)31)27(42)38-22-15-19(7-10-36-22)30(32,33)34/h5-7,10-11,13-15,18H,2-4,8-9,12,16H2,1H3,(H2,35,37)(H,36,38,42)/t18-/m1/s1. The Hall–Kier alpha value is -4.55. The molecule has 43 heavy (non-hydrogen) atoms. The van der Waals surface area contributed by atoms with Gasteiger partial charge in [0, 0.05) is 54.1 Å². The molecule has 1 aliphatic heterocycles. The Labute approximate surface area is 244 Å². The first kappa shape index (κ1) is 28.6. The number of anilines is 2. The van der Waals surface area contributed by atoms with Crippen molar-refractivity contribution < 1.29 is 27.2 Å². The number of aromatic nitrogens is 4. The molecular formula is C30H29F4N7O2. The number of nitrogens with one attached hydrogen (secondary N) is 1. The van der Waals surface area contributed by atoms with E-state index in [1.165, 1.54) is 18.3 Å². The Kier molecular flexibility index (Phi) is 7.05. The third-order valence-electron chi connectivity index (χ3n) is 8.47. The Bertz CT molecular complexity index is 1730. The van der Waals surface area contributed by atoms with Gasteiger partial charge < -0.3 is 16.0 Å². The van der Waals surface area contributed by atoms with Gasteiger partial charge in [0.05, 0.1) is 5.56 Å². The summed E-state index contributed by atoms with van der Waals surface area (Å²) < 4.78 is 56.5. The first-order valence-corrected chi connectivity index (χ1v) is 14.0. The van der Waals surface area contributed by atoms with E-state index in [9.17, 15) is 22.8 Å². The minimum absolute atomic E-state index is 0.0721. The van der Waals surface area contributed by atoms with E-state index in [2.05, 4.69) is 15.3 Å². The number of carbonyl (C=O) groups is 2. The van der Waals surface area contributed by atoms with Crippen LogP contribution in [0.25, 0.3) is 16.8 Å². The molecule has 1 saturated heterocycles. The first-order chi connectivity index (χ1) is 20.4. The molecule has 0 unspecified atom stereocenters. The highest BCUT2D eigenvalue weighted by atomic mass is 19.4. The molecule has 224 valence electrons. The van der Waals surface area contributed by atoms with Crippen molar-refractivity contribution in [1.29, 1.82) is 0 Å². The van der Waals surface area contributed by atoms with E-state index in [0.717, 1.165) is 50.4 Å². The normalized spacial score (nSPS) is 18.3. The Morgan fingerprint density at radius 1 is 1.09 bits per heavy atom. The van der Waals surface area contributed by atoms with E-state index in [-0.39, 0.29) is 45.7 Å². The van der Waals surface area contributed by atoms with Crippen LogP contribution in [0.2, 0.25) is 0 Å². The number of likely N-dealkylation sites (tertiary alicyclic amines) is 1. The van der Waals surface area contributed by atoms with Crippen molar-refractivity contribution in [2.45, 2.75) is 51.1 Å². The fraction of sp³-hybridized carbons (Fsp3) is 0.367. The van der Waals surface area contributed by atoms with Crippen LogP contribution in [0.4, 0.5) is 29.2 Å². The minimum atomic E-state index is -4.61. The van der Waals surface area contributed by atoms with Crippen molar-refractivity contribution in [2.75, 3.05) is 24.1 Å². The molecule has 6 rings (SSSR count). The predicted molar refractivity (Wildman–Crippen MR) is 150 cm³/mol. The molecule has 1 atom stereocenters. The van der Waals surface area contributed by atoms with Crippen LogP contribution in [-0.2, 0) is 11.0 Å². The van der Waals surface area contributed by atoms with Gasteiger partial charge in [0.1, 0.15) is 34.5 Å². The van der Waals surface area contributed by atoms with Gasteiger partial charge in [-0.3, -0.25) is 14.0 Å². The molecule has 0 radical (unpaired) electrons. The van der Waals surface area contributed by atoms with Crippen LogP contribution in [0.5, 0.6) is 0 Å². The summed E-state index contributed by atoms with van der Waals surface area (Å²) in [6.07, 6.45) is 3.95.